The van der Waals surface area contributed by atoms with Crippen molar-refractivity contribution in [2.45, 2.75) is 17.4 Å². The molecule has 0 aliphatic rings. The van der Waals surface area contributed by atoms with Crippen LogP contribution in [-0.2, 0) is 4.79 Å². The molecule has 0 saturated heterocycles. The molecule has 6 heteroatoms. The van der Waals surface area contributed by atoms with Gasteiger partial charge in [-0.05, 0) is 30.3 Å². The van der Waals surface area contributed by atoms with E-state index in [9.17, 15) is 4.79 Å². The predicted molar refractivity (Wildman–Crippen MR) is 93.9 cm³/mol. The molecule has 1 atom stereocenters. The van der Waals surface area contributed by atoms with Crippen molar-refractivity contribution in [1.29, 1.82) is 0 Å². The largest absolute Gasteiger partial charge is 0.467 e. The van der Waals surface area contributed by atoms with Crippen LogP contribution in [0.15, 0.2) is 76.5 Å². The molecule has 0 unspecified atom stereocenters. The molecule has 2 aromatic heterocycles. The van der Waals surface area contributed by atoms with Crippen molar-refractivity contribution in [3.63, 3.8) is 0 Å². The van der Waals surface area contributed by atoms with Gasteiger partial charge in [0, 0.05) is 36.0 Å². The molecule has 2 heterocycles. The highest BCUT2D eigenvalue weighted by molar-refractivity contribution is 7.99. The number of carbonyl (C=O) groups excluding carboxylic acids is 1. The Morgan fingerprint density at radius 2 is 2.08 bits per heavy atom. The minimum absolute atomic E-state index is 0.0298. The molecule has 0 aliphatic carbocycles. The molecule has 5 nitrogen and oxygen atoms in total. The molecule has 124 valence electrons. The Balaban J connectivity index is 1.49. The van der Waals surface area contributed by atoms with Crippen LogP contribution in [0.4, 0.5) is 0 Å². The first-order valence-corrected chi connectivity index (χ1v) is 8.78. The number of amides is 1. The first-order chi connectivity index (χ1) is 11.8. The van der Waals surface area contributed by atoms with Gasteiger partial charge in [0.15, 0.2) is 0 Å². The van der Waals surface area contributed by atoms with Crippen molar-refractivity contribution in [3.8, 4) is 0 Å². The first-order valence-electron chi connectivity index (χ1n) is 7.80. The van der Waals surface area contributed by atoms with Gasteiger partial charge in [-0.15, -0.1) is 11.8 Å². The van der Waals surface area contributed by atoms with Crippen LogP contribution < -0.4 is 5.32 Å². The lowest BCUT2D eigenvalue weighted by atomic mass is 10.2. The van der Waals surface area contributed by atoms with Gasteiger partial charge in [0.25, 0.3) is 0 Å². The molecule has 0 saturated carbocycles. The van der Waals surface area contributed by atoms with Gasteiger partial charge in [0.1, 0.15) is 11.8 Å². The predicted octanol–water partition coefficient (Wildman–Crippen LogP) is 3.36. The minimum atomic E-state index is -0.138. The van der Waals surface area contributed by atoms with Crippen LogP contribution in [0.25, 0.3) is 0 Å². The summed E-state index contributed by atoms with van der Waals surface area (Å²) in [6, 6.07) is 15.5. The average Bonchev–Trinajstić information content (AvgIpc) is 3.30. The monoisotopic (exact) mass is 341 g/mol. The van der Waals surface area contributed by atoms with Crippen molar-refractivity contribution in [2.24, 2.45) is 0 Å². The summed E-state index contributed by atoms with van der Waals surface area (Å²) in [6.45, 7) is 0.448. The van der Waals surface area contributed by atoms with E-state index in [4.69, 9.17) is 4.42 Å². The van der Waals surface area contributed by atoms with E-state index in [1.165, 1.54) is 4.90 Å². The fourth-order valence-electron chi connectivity index (χ4n) is 2.35. The van der Waals surface area contributed by atoms with E-state index in [1.54, 1.807) is 28.9 Å². The molecule has 0 bridgehead atoms. The van der Waals surface area contributed by atoms with Crippen LogP contribution in [0.2, 0.25) is 0 Å². The maximum atomic E-state index is 12.1. The number of furan rings is 1. The third kappa shape index (κ3) is 4.52. The fraction of sp³-hybridized carbons (Fsp3) is 0.222. The van der Waals surface area contributed by atoms with Gasteiger partial charge in [-0.2, -0.15) is 5.10 Å². The third-order valence-corrected chi connectivity index (χ3v) is 4.56. The van der Waals surface area contributed by atoms with Gasteiger partial charge >= 0.3 is 0 Å². The number of carbonyl (C=O) groups is 1. The Bertz CT molecular complexity index is 693. The summed E-state index contributed by atoms with van der Waals surface area (Å²) in [6.07, 6.45) is 5.69. The summed E-state index contributed by atoms with van der Waals surface area (Å²) >= 11 is 1.68. The van der Waals surface area contributed by atoms with Gasteiger partial charge in [0.2, 0.25) is 5.91 Å². The maximum Gasteiger partial charge on any atom is 0.220 e. The lowest BCUT2D eigenvalue weighted by Crippen LogP contribution is -2.31. The first kappa shape index (κ1) is 16.4. The third-order valence-electron chi connectivity index (χ3n) is 3.55. The Kier molecular flexibility index (Phi) is 5.74. The second kappa shape index (κ2) is 8.40. The van der Waals surface area contributed by atoms with Crippen molar-refractivity contribution in [1.82, 2.24) is 15.1 Å². The second-order valence-corrected chi connectivity index (χ2v) is 6.40. The van der Waals surface area contributed by atoms with Crippen molar-refractivity contribution < 1.29 is 9.21 Å². The molecule has 3 aromatic rings. The van der Waals surface area contributed by atoms with E-state index in [0.717, 1.165) is 11.5 Å². The van der Waals surface area contributed by atoms with Gasteiger partial charge in [-0.1, -0.05) is 18.2 Å². The Labute approximate surface area is 145 Å². The summed E-state index contributed by atoms with van der Waals surface area (Å²) < 4.78 is 7.26. The molecule has 1 aromatic carbocycles. The van der Waals surface area contributed by atoms with E-state index >= 15 is 0 Å². The molecule has 1 N–H and O–H groups in total. The molecule has 3 rings (SSSR count). The lowest BCUT2D eigenvalue weighted by molar-refractivity contribution is -0.120. The van der Waals surface area contributed by atoms with Gasteiger partial charge in [-0.3, -0.25) is 9.48 Å². The highest BCUT2D eigenvalue weighted by atomic mass is 32.2. The number of nitrogens with one attached hydrogen (secondary N) is 1. The summed E-state index contributed by atoms with van der Waals surface area (Å²) in [5.74, 6) is 1.56. The Hall–Kier alpha value is -2.47. The second-order valence-electron chi connectivity index (χ2n) is 5.23. The van der Waals surface area contributed by atoms with Crippen LogP contribution >= 0.6 is 11.8 Å². The van der Waals surface area contributed by atoms with Gasteiger partial charge in [-0.25, -0.2) is 0 Å². The Morgan fingerprint density at radius 1 is 1.21 bits per heavy atom. The molecule has 1 amide bonds. The highest BCUT2D eigenvalue weighted by Gasteiger charge is 2.17. The summed E-state index contributed by atoms with van der Waals surface area (Å²) in [5, 5.41) is 7.23. The SMILES string of the molecule is O=C(CCSc1ccccc1)NC[C@H](c1ccco1)n1cccn1. The van der Waals surface area contributed by atoms with E-state index in [2.05, 4.69) is 10.4 Å². The maximum absolute atomic E-state index is 12.1. The molecule has 0 fully saturated rings. The topological polar surface area (TPSA) is 60.1 Å². The highest BCUT2D eigenvalue weighted by Crippen LogP contribution is 2.19. The number of hydrogen-bond acceptors (Lipinski definition) is 4. The molecular formula is C18H19N3O2S. The molecular weight excluding hydrogens is 322 g/mol. The zero-order chi connectivity index (χ0) is 16.6. The molecule has 0 spiro atoms. The fourth-order valence-corrected chi connectivity index (χ4v) is 3.22. The number of rotatable bonds is 8. The molecule has 24 heavy (non-hydrogen) atoms. The van der Waals surface area contributed by atoms with Crippen molar-refractivity contribution in [2.75, 3.05) is 12.3 Å². The van der Waals surface area contributed by atoms with Crippen LogP contribution in [0.1, 0.15) is 18.2 Å². The molecule has 0 aliphatic heterocycles. The quantitative estimate of drug-likeness (QED) is 0.638. The van der Waals surface area contributed by atoms with E-state index in [0.29, 0.717) is 13.0 Å². The normalized spacial score (nSPS) is 12.0. The van der Waals surface area contributed by atoms with Crippen LogP contribution in [0.3, 0.4) is 0 Å². The van der Waals surface area contributed by atoms with Crippen LogP contribution in [-0.4, -0.2) is 28.0 Å². The lowest BCUT2D eigenvalue weighted by Gasteiger charge is -2.16. The Morgan fingerprint density at radius 3 is 2.79 bits per heavy atom. The van der Waals surface area contributed by atoms with Crippen molar-refractivity contribution in [3.05, 3.63) is 72.9 Å². The van der Waals surface area contributed by atoms with E-state index < -0.39 is 0 Å². The summed E-state index contributed by atoms with van der Waals surface area (Å²) in [5.41, 5.74) is 0. The zero-order valence-corrected chi connectivity index (χ0v) is 14.0. The van der Waals surface area contributed by atoms with Gasteiger partial charge in [0.05, 0.1) is 6.26 Å². The summed E-state index contributed by atoms with van der Waals surface area (Å²) in [4.78, 5) is 13.3. The van der Waals surface area contributed by atoms with Crippen LogP contribution in [0, 0.1) is 0 Å². The van der Waals surface area contributed by atoms with Crippen molar-refractivity contribution >= 4 is 17.7 Å². The van der Waals surface area contributed by atoms with Gasteiger partial charge < -0.3 is 9.73 Å². The van der Waals surface area contributed by atoms with E-state index in [-0.39, 0.29) is 11.9 Å². The minimum Gasteiger partial charge on any atom is -0.467 e. The number of benzene rings is 1. The van der Waals surface area contributed by atoms with Crippen LogP contribution in [0.5, 0.6) is 0 Å². The van der Waals surface area contributed by atoms with E-state index in [1.807, 2.05) is 54.7 Å². The zero-order valence-electron chi connectivity index (χ0n) is 13.2. The number of thioether (sulfide) groups is 1. The number of nitrogens with zero attached hydrogens (tertiary/aromatic N) is 2. The number of hydrogen-bond donors (Lipinski definition) is 1. The average molecular weight is 341 g/mol. The summed E-state index contributed by atoms with van der Waals surface area (Å²) in [7, 11) is 0. The standard InChI is InChI=1S/C18H19N3O2S/c22-18(9-13-24-15-6-2-1-3-7-15)19-14-16(17-8-4-12-23-17)21-11-5-10-20-21/h1-8,10-12,16H,9,13-14H2,(H,19,22)/t16-/m1/s1. The molecule has 0 radical (unpaired) electrons. The smallest absolute Gasteiger partial charge is 0.220 e. The number of aromatic nitrogens is 2.